The summed E-state index contributed by atoms with van der Waals surface area (Å²) in [4.78, 5) is 58.4. The molecule has 0 aromatic carbocycles. The van der Waals surface area contributed by atoms with Crippen molar-refractivity contribution in [2.45, 2.75) is 18.3 Å². The number of anilines is 1. The first-order valence-electron chi connectivity index (χ1n) is 11.0. The Labute approximate surface area is 219 Å². The number of nitrogen functional groups attached to an aromatic ring is 1. The number of carboxylic acid groups (broad SMARTS) is 1. The van der Waals surface area contributed by atoms with E-state index < -0.39 is 42.0 Å². The van der Waals surface area contributed by atoms with Gasteiger partial charge in [-0.2, -0.15) is 0 Å². The summed E-state index contributed by atoms with van der Waals surface area (Å²) in [6.07, 6.45) is 3.31. The van der Waals surface area contributed by atoms with Crippen LogP contribution >= 0.6 is 23.1 Å². The highest BCUT2D eigenvalue weighted by Gasteiger charge is 2.53. The van der Waals surface area contributed by atoms with Crippen molar-refractivity contribution in [2.75, 3.05) is 45.0 Å². The Kier molecular flexibility index (Phi) is 8.88. The Balaban J connectivity index is 1.76. The zero-order chi connectivity index (χ0) is 27.3. The SMILES string of the molecule is CC[N+](C)(C/C=C/C1=C(C(=O)[O-])N2C(=O)C(NC(=O)/C(=N/OCF)c3csc(N)n3)C2SC1)CC(N)=O. The molecule has 3 atom stereocenters. The predicted molar refractivity (Wildman–Crippen MR) is 132 cm³/mol. The van der Waals surface area contributed by atoms with Crippen LogP contribution in [0, 0.1) is 0 Å². The number of likely N-dealkylation sites (N-methyl/N-ethyl adjacent to an activating group) is 1. The number of carboxylic acids is 1. The number of carbonyl (C=O) groups is 4. The first-order valence-corrected chi connectivity index (χ1v) is 12.9. The fourth-order valence-corrected chi connectivity index (χ4v) is 5.66. The number of nitrogens with two attached hydrogens (primary N) is 2. The lowest BCUT2D eigenvalue weighted by Gasteiger charge is -2.50. The molecule has 3 rings (SSSR count). The highest BCUT2D eigenvalue weighted by atomic mass is 32.2. The van der Waals surface area contributed by atoms with Gasteiger partial charge in [0.25, 0.3) is 24.6 Å². The maximum Gasteiger partial charge on any atom is 0.276 e. The minimum atomic E-state index is -1.54. The highest BCUT2D eigenvalue weighted by molar-refractivity contribution is 8.00. The van der Waals surface area contributed by atoms with E-state index in [1.165, 1.54) is 17.1 Å². The number of β-lactam (4-membered cyclic amide) rings is 1. The van der Waals surface area contributed by atoms with Gasteiger partial charge < -0.3 is 36.0 Å². The fourth-order valence-electron chi connectivity index (χ4n) is 3.79. The maximum absolute atomic E-state index is 12.9. The van der Waals surface area contributed by atoms with Crippen LogP contribution < -0.4 is 21.9 Å². The predicted octanol–water partition coefficient (Wildman–Crippen LogP) is -1.72. The van der Waals surface area contributed by atoms with Crippen molar-refractivity contribution in [3.63, 3.8) is 0 Å². The number of amides is 3. The third-order valence-corrected chi connectivity index (χ3v) is 7.80. The lowest BCUT2D eigenvalue weighted by molar-refractivity contribution is -0.894. The molecule has 1 aromatic rings. The number of fused-ring (bicyclic) bond motifs is 1. The molecule has 2 aliphatic heterocycles. The van der Waals surface area contributed by atoms with E-state index in [-0.39, 0.29) is 34.5 Å². The number of thiazole rings is 1. The number of alkyl halides is 1. The maximum atomic E-state index is 12.9. The van der Waals surface area contributed by atoms with Crippen LogP contribution in [0.4, 0.5) is 9.52 Å². The molecule has 5 N–H and O–H groups in total. The molecule has 0 spiro atoms. The number of thioether (sulfide) groups is 1. The zero-order valence-corrected chi connectivity index (χ0v) is 21.6. The molecular weight excluding hydrogens is 529 g/mol. The molecule has 1 saturated heterocycles. The molecule has 200 valence electrons. The average molecular weight is 556 g/mol. The number of carbonyl (C=O) groups excluding carboxylic acids is 4. The monoisotopic (exact) mass is 555 g/mol. The molecule has 16 heteroatoms. The van der Waals surface area contributed by atoms with E-state index in [0.29, 0.717) is 23.1 Å². The molecule has 37 heavy (non-hydrogen) atoms. The van der Waals surface area contributed by atoms with Gasteiger partial charge in [-0.15, -0.1) is 23.1 Å². The summed E-state index contributed by atoms with van der Waals surface area (Å²) in [5.74, 6) is -3.30. The normalized spacial score (nSPS) is 21.3. The Morgan fingerprint density at radius 3 is 2.76 bits per heavy atom. The van der Waals surface area contributed by atoms with Crippen LogP contribution in [-0.4, -0.2) is 94.5 Å². The van der Waals surface area contributed by atoms with Gasteiger partial charge in [-0.25, -0.2) is 9.37 Å². The lowest BCUT2D eigenvalue weighted by atomic mass is 10.0. The summed E-state index contributed by atoms with van der Waals surface area (Å²) in [6, 6.07) is -1.07. The summed E-state index contributed by atoms with van der Waals surface area (Å²) in [5.41, 5.74) is 10.6. The number of nitrogens with one attached hydrogen (secondary N) is 1. The first kappa shape index (κ1) is 28.1. The van der Waals surface area contributed by atoms with Crippen molar-refractivity contribution in [3.8, 4) is 0 Å². The van der Waals surface area contributed by atoms with Gasteiger partial charge in [0.1, 0.15) is 17.1 Å². The van der Waals surface area contributed by atoms with Gasteiger partial charge in [-0.05, 0) is 18.6 Å². The highest BCUT2D eigenvalue weighted by Crippen LogP contribution is 2.40. The van der Waals surface area contributed by atoms with Crippen molar-refractivity contribution in [3.05, 3.63) is 34.5 Å². The van der Waals surface area contributed by atoms with Crippen molar-refractivity contribution in [1.29, 1.82) is 0 Å². The van der Waals surface area contributed by atoms with Crippen molar-refractivity contribution >= 4 is 57.6 Å². The van der Waals surface area contributed by atoms with Gasteiger partial charge in [0.2, 0.25) is 0 Å². The van der Waals surface area contributed by atoms with E-state index in [9.17, 15) is 28.7 Å². The van der Waals surface area contributed by atoms with Crippen molar-refractivity contribution in [1.82, 2.24) is 15.2 Å². The summed E-state index contributed by atoms with van der Waals surface area (Å²) >= 11 is 2.27. The van der Waals surface area contributed by atoms with Gasteiger partial charge in [0.05, 0.1) is 31.8 Å². The molecule has 3 heterocycles. The van der Waals surface area contributed by atoms with Crippen LogP contribution in [0.15, 0.2) is 34.0 Å². The molecule has 3 amide bonds. The summed E-state index contributed by atoms with van der Waals surface area (Å²) in [5, 5.41) is 18.7. The molecule has 0 aliphatic carbocycles. The second kappa shape index (κ2) is 11.7. The van der Waals surface area contributed by atoms with Crippen LogP contribution in [-0.2, 0) is 24.0 Å². The van der Waals surface area contributed by atoms with Crippen LogP contribution in [0.1, 0.15) is 12.6 Å². The van der Waals surface area contributed by atoms with Crippen molar-refractivity contribution in [2.24, 2.45) is 10.9 Å². The lowest BCUT2D eigenvalue weighted by Crippen LogP contribution is -2.71. The Bertz CT molecular complexity index is 1190. The van der Waals surface area contributed by atoms with Gasteiger partial charge >= 0.3 is 0 Å². The van der Waals surface area contributed by atoms with Crippen LogP contribution in [0.2, 0.25) is 0 Å². The number of oxime groups is 1. The molecule has 0 bridgehead atoms. The average Bonchev–Trinajstić information content (AvgIpc) is 3.27. The number of allylic oxidation sites excluding steroid dienone is 1. The molecule has 0 saturated carbocycles. The third-order valence-electron chi connectivity index (χ3n) is 5.83. The minimum Gasteiger partial charge on any atom is -0.543 e. The molecule has 1 fully saturated rings. The quantitative estimate of drug-likeness (QED) is 0.116. The standard InChI is InChI=1S/C21H26FN7O6S2/c1-3-29(2,7-13(23)30)6-4-5-11-8-36-19-15(18(32)28(19)16(11)20(33)34)26-17(31)14(27-35-10-22)12-9-37-21(24)25-12/h4-5,9,15,19H,3,6-8,10H2,1-2H3,(H5-,23,24,25,26,30,31,33,34)/b5-4+,27-14+. The number of rotatable bonds is 12. The molecule has 3 unspecified atom stereocenters. The number of halogens is 1. The Morgan fingerprint density at radius 1 is 1.46 bits per heavy atom. The summed E-state index contributed by atoms with van der Waals surface area (Å²) in [7, 11) is 1.84. The zero-order valence-electron chi connectivity index (χ0n) is 20.0. The second-order valence-electron chi connectivity index (χ2n) is 8.42. The summed E-state index contributed by atoms with van der Waals surface area (Å²) in [6.45, 7) is 1.76. The summed E-state index contributed by atoms with van der Waals surface area (Å²) < 4.78 is 12.8. The number of primary amides is 1. The number of hydrogen-bond acceptors (Lipinski definition) is 11. The van der Waals surface area contributed by atoms with Gasteiger partial charge in [0.15, 0.2) is 17.4 Å². The van der Waals surface area contributed by atoms with Crippen LogP contribution in [0.25, 0.3) is 0 Å². The molecule has 1 aromatic heterocycles. The van der Waals surface area contributed by atoms with E-state index >= 15 is 0 Å². The topological polar surface area (TPSA) is 193 Å². The largest absolute Gasteiger partial charge is 0.543 e. The van der Waals surface area contributed by atoms with E-state index in [1.807, 2.05) is 14.0 Å². The van der Waals surface area contributed by atoms with Gasteiger partial charge in [-0.1, -0.05) is 11.2 Å². The van der Waals surface area contributed by atoms with Crippen LogP contribution in [0.3, 0.4) is 0 Å². The molecular formula is C21H26FN7O6S2. The Morgan fingerprint density at radius 2 is 2.19 bits per heavy atom. The third kappa shape index (κ3) is 6.26. The Hall–Kier alpha value is -3.50. The molecule has 0 radical (unpaired) electrons. The van der Waals surface area contributed by atoms with E-state index in [2.05, 4.69) is 20.3 Å². The van der Waals surface area contributed by atoms with Gasteiger partial charge in [-0.3, -0.25) is 19.3 Å². The molecule has 13 nitrogen and oxygen atoms in total. The fraction of sp³-hybridized carbons (Fsp3) is 0.429. The number of quaternary nitrogens is 1. The smallest absolute Gasteiger partial charge is 0.276 e. The molecule has 2 aliphatic rings. The first-order chi connectivity index (χ1) is 17.5. The van der Waals surface area contributed by atoms with Gasteiger partial charge in [0, 0.05) is 11.1 Å². The van der Waals surface area contributed by atoms with E-state index in [4.69, 9.17) is 11.5 Å². The van der Waals surface area contributed by atoms with E-state index in [1.54, 1.807) is 12.2 Å². The minimum absolute atomic E-state index is 0.0323. The number of aliphatic carboxylic acids is 1. The van der Waals surface area contributed by atoms with Crippen molar-refractivity contribution < 1.29 is 38.0 Å². The second-order valence-corrected chi connectivity index (χ2v) is 10.4. The van der Waals surface area contributed by atoms with Crippen LogP contribution in [0.5, 0.6) is 0 Å². The van der Waals surface area contributed by atoms with E-state index in [0.717, 1.165) is 16.2 Å². The number of hydrogen-bond donors (Lipinski definition) is 3. The number of aromatic nitrogens is 1. The number of nitrogens with zero attached hydrogens (tertiary/aromatic N) is 4.